The quantitative estimate of drug-likeness (QED) is 0.112. The van der Waals surface area contributed by atoms with Crippen LogP contribution in [0.4, 0.5) is 5.69 Å². The summed E-state index contributed by atoms with van der Waals surface area (Å²) in [6.07, 6.45) is 6.79. The summed E-state index contributed by atoms with van der Waals surface area (Å²) >= 11 is 1.32. The van der Waals surface area contributed by atoms with E-state index < -0.39 is 0 Å². The van der Waals surface area contributed by atoms with E-state index in [1.165, 1.54) is 47.4 Å². The molecule has 0 unspecified atom stereocenters. The summed E-state index contributed by atoms with van der Waals surface area (Å²) in [5, 5.41) is 0. The fourth-order valence-electron chi connectivity index (χ4n) is 4.59. The number of hydrogen-bond donors (Lipinski definition) is 0. The summed E-state index contributed by atoms with van der Waals surface area (Å²) in [5.74, 6) is 0. The van der Waals surface area contributed by atoms with E-state index in [1.807, 2.05) is 6.92 Å². The van der Waals surface area contributed by atoms with Crippen LogP contribution >= 0.6 is 0 Å². The van der Waals surface area contributed by atoms with Gasteiger partial charge in [-0.25, -0.2) is 0 Å². The SMILES string of the molecule is CCO[C](=[W])C(=C/C=C1/N(C)c2ccccc2C1(C)C)/C(=C/c1ccccc1)c1ccccc1.[C-]#[O+].[C-]#[O+].[C-]#[O+].[C-]#[O+].[C-]#[O+]. The van der Waals surface area contributed by atoms with E-state index in [4.69, 9.17) is 28.0 Å². The zero-order valence-corrected chi connectivity index (χ0v) is 27.8. The predicted molar refractivity (Wildman–Crippen MR) is 161 cm³/mol. The molecule has 0 saturated heterocycles. The maximum atomic E-state index is 7.50. The molecule has 8 heteroatoms. The van der Waals surface area contributed by atoms with E-state index in [-0.39, 0.29) is 5.41 Å². The maximum absolute atomic E-state index is 7.50. The molecule has 4 rings (SSSR count). The normalized spacial score (nSPS) is 13.0. The minimum atomic E-state index is -0.0740. The molecule has 44 heavy (non-hydrogen) atoms. The Labute approximate surface area is 270 Å². The molecular formula is C36H31NO6W. The van der Waals surface area contributed by atoms with Crippen LogP contribution in [0.5, 0.6) is 0 Å². The van der Waals surface area contributed by atoms with Crippen LogP contribution in [0.25, 0.3) is 11.6 Å². The van der Waals surface area contributed by atoms with Crippen LogP contribution in [0.1, 0.15) is 37.5 Å². The number of benzene rings is 3. The molecule has 7 nitrogen and oxygen atoms in total. The number of anilines is 1. The standard InChI is InChI=1S/C31H31NO.5CO.W/c1-5-33-23-26(20-21-30-31(2,3)28-18-12-13-19-29(28)32(30)4)27(25-16-10-7-11-17-25)22-24-14-8-6-9-15-24;5*1-2;/h6-22H,5H2,1-4H3;;;;;;/b26-20-,27-22+,30-21+;;;;;;. The Kier molecular flexibility index (Phi) is 23.3. The molecule has 3 aromatic carbocycles. The third kappa shape index (κ3) is 11.5. The first-order valence-electron chi connectivity index (χ1n) is 12.7. The average molecular weight is 757 g/mol. The van der Waals surface area contributed by atoms with Crippen LogP contribution < -0.4 is 4.90 Å². The van der Waals surface area contributed by atoms with E-state index in [9.17, 15) is 0 Å². The van der Waals surface area contributed by atoms with E-state index in [0.29, 0.717) is 6.61 Å². The summed E-state index contributed by atoms with van der Waals surface area (Å²) < 4.78 is 44.6. The molecule has 0 N–H and O–H groups in total. The van der Waals surface area contributed by atoms with Crippen molar-refractivity contribution in [1.82, 2.24) is 0 Å². The van der Waals surface area contributed by atoms with Crippen molar-refractivity contribution in [3.8, 4) is 0 Å². The predicted octanol–water partition coefficient (Wildman–Crippen LogP) is 6.99. The molecule has 222 valence electrons. The van der Waals surface area contributed by atoms with E-state index in [2.05, 4.69) is 162 Å². The average Bonchev–Trinajstić information content (AvgIpc) is 3.30. The molecule has 1 aliphatic rings. The number of nitrogens with zero attached hydrogens (tertiary/aromatic N) is 1. The van der Waals surface area contributed by atoms with E-state index in [1.54, 1.807) is 0 Å². The third-order valence-corrected chi connectivity index (χ3v) is 7.54. The van der Waals surface area contributed by atoms with Crippen LogP contribution in [-0.4, -0.2) is 17.7 Å². The molecule has 0 fully saturated rings. The second-order valence-corrected chi connectivity index (χ2v) is 10.2. The molecule has 0 radical (unpaired) electrons. The van der Waals surface area contributed by atoms with Crippen LogP contribution in [0, 0.1) is 33.3 Å². The zero-order chi connectivity index (χ0) is 34.1. The van der Waals surface area contributed by atoms with Crippen molar-refractivity contribution in [2.75, 3.05) is 18.6 Å². The van der Waals surface area contributed by atoms with E-state index >= 15 is 0 Å². The van der Waals surface area contributed by atoms with Crippen molar-refractivity contribution < 1.29 is 47.4 Å². The second kappa shape index (κ2) is 24.4. The summed E-state index contributed by atoms with van der Waals surface area (Å²) in [4.78, 5) is 2.31. The molecule has 3 aromatic rings. The molecule has 0 aliphatic carbocycles. The molecule has 0 saturated carbocycles. The Morgan fingerprint density at radius 1 is 0.773 bits per heavy atom. The summed E-state index contributed by atoms with van der Waals surface area (Å²) in [6.45, 7) is 29.8. The van der Waals surface area contributed by atoms with Crippen LogP contribution in [0.15, 0.2) is 108 Å². The van der Waals surface area contributed by atoms with Gasteiger partial charge in [0.25, 0.3) is 0 Å². The van der Waals surface area contributed by atoms with Gasteiger partial charge in [-0.2, -0.15) is 0 Å². The Balaban J connectivity index is 0. The fraction of sp³-hybridized carbons (Fsp3) is 0.167. The Hall–Kier alpha value is -4.10. The summed E-state index contributed by atoms with van der Waals surface area (Å²) in [7, 11) is 2.16. The van der Waals surface area contributed by atoms with Crippen molar-refractivity contribution in [1.29, 1.82) is 0 Å². The zero-order valence-electron chi connectivity index (χ0n) is 24.8. The van der Waals surface area contributed by atoms with Crippen molar-refractivity contribution in [2.45, 2.75) is 26.2 Å². The molecule has 0 spiro atoms. The number of fused-ring (bicyclic) bond motifs is 1. The van der Waals surface area contributed by atoms with Crippen molar-refractivity contribution in [3.63, 3.8) is 0 Å². The van der Waals surface area contributed by atoms with Gasteiger partial charge in [0.2, 0.25) is 0 Å². The van der Waals surface area contributed by atoms with Gasteiger partial charge in [0.05, 0.1) is 0 Å². The molecule has 1 aliphatic heterocycles. The van der Waals surface area contributed by atoms with E-state index in [0.717, 1.165) is 15.2 Å². The first kappa shape index (κ1) is 42.0. The minimum absolute atomic E-state index is 0.0740. The first-order valence-corrected chi connectivity index (χ1v) is 14.2. The van der Waals surface area contributed by atoms with Crippen LogP contribution in [0.2, 0.25) is 0 Å². The van der Waals surface area contributed by atoms with Crippen molar-refractivity contribution in [2.24, 2.45) is 0 Å². The molecule has 0 bridgehead atoms. The Morgan fingerprint density at radius 3 is 1.75 bits per heavy atom. The Morgan fingerprint density at radius 2 is 1.25 bits per heavy atom. The summed E-state index contributed by atoms with van der Waals surface area (Å²) in [6, 6.07) is 29.8. The van der Waals surface area contributed by atoms with Gasteiger partial charge >= 0.3 is 272 Å². The van der Waals surface area contributed by atoms with Gasteiger partial charge in [0.15, 0.2) is 0 Å². The number of para-hydroxylation sites is 1. The molecule has 0 atom stereocenters. The topological polar surface area (TPSA) is 112 Å². The molecule has 0 amide bonds. The number of hydrogen-bond acceptors (Lipinski definition) is 2. The van der Waals surface area contributed by atoms with Gasteiger partial charge in [-0.15, -0.1) is 0 Å². The Bertz CT molecular complexity index is 1460. The van der Waals surface area contributed by atoms with Crippen molar-refractivity contribution in [3.05, 3.63) is 158 Å². The van der Waals surface area contributed by atoms with Gasteiger partial charge in [-0.3, -0.25) is 0 Å². The van der Waals surface area contributed by atoms with Gasteiger partial charge in [-0.1, -0.05) is 0 Å². The second-order valence-electron chi connectivity index (χ2n) is 8.89. The van der Waals surface area contributed by atoms with Crippen LogP contribution in [0.3, 0.4) is 0 Å². The van der Waals surface area contributed by atoms with Gasteiger partial charge in [-0.05, 0) is 0 Å². The fourth-order valence-corrected chi connectivity index (χ4v) is 5.65. The van der Waals surface area contributed by atoms with Gasteiger partial charge < -0.3 is 0 Å². The summed E-state index contributed by atoms with van der Waals surface area (Å²) in [5.41, 5.74) is 8.47. The third-order valence-electron chi connectivity index (χ3n) is 6.33. The molecule has 0 aromatic heterocycles. The number of allylic oxidation sites excluding steroid dienone is 3. The molecule has 1 heterocycles. The molecular weight excluding hydrogens is 726 g/mol. The first-order chi connectivity index (χ1) is 21.4. The van der Waals surface area contributed by atoms with Gasteiger partial charge in [0, 0.05) is 0 Å². The number of rotatable bonds is 7. The number of likely N-dealkylation sites (N-methyl/N-ethyl adjacent to an activating group) is 1. The monoisotopic (exact) mass is 757 g/mol. The van der Waals surface area contributed by atoms with Crippen LogP contribution in [-0.2, 0) is 52.8 Å². The van der Waals surface area contributed by atoms with Crippen molar-refractivity contribution >= 4 is 21.4 Å². The number of ether oxygens (including phenoxy) is 1. The van der Waals surface area contributed by atoms with Gasteiger partial charge in [0.1, 0.15) is 0 Å².